The maximum atomic E-state index is 13.8. The standard InChI is InChI=1S/C39H37N3O5S/c1-4-39(2,3)38(43)46-24-23-40-48(44,45)36-18-12-11-17-33(36)37-31-21-19-29(41-27-13-7-5-8-14-27)25-34(31)47-35-26-30(20-22-32(35)37)42-28-15-9-6-10-16-28/h5-22,25-26,40-41H,4,23-24H2,1-3H3/p+1. The number of para-hydroxylation sites is 2. The monoisotopic (exact) mass is 660 g/mol. The number of sulfonamides is 1. The molecule has 0 saturated carbocycles. The van der Waals surface area contributed by atoms with Crippen molar-refractivity contribution in [2.45, 2.75) is 32.1 Å². The molecule has 4 aromatic carbocycles. The van der Waals surface area contributed by atoms with Gasteiger partial charge in [-0.1, -0.05) is 61.5 Å². The van der Waals surface area contributed by atoms with Crippen LogP contribution in [0.3, 0.4) is 0 Å². The molecule has 0 spiro atoms. The second-order valence-electron chi connectivity index (χ2n) is 12.1. The van der Waals surface area contributed by atoms with Gasteiger partial charge in [-0.3, -0.25) is 4.79 Å². The van der Waals surface area contributed by atoms with E-state index in [9.17, 15) is 13.2 Å². The molecule has 244 valence electrons. The third-order valence-corrected chi connectivity index (χ3v) is 9.88. The minimum Gasteiger partial charge on any atom is -0.464 e. The van der Waals surface area contributed by atoms with Gasteiger partial charge in [-0.15, -0.1) is 0 Å². The first-order valence-electron chi connectivity index (χ1n) is 15.9. The van der Waals surface area contributed by atoms with Gasteiger partial charge >= 0.3 is 5.97 Å². The number of carbonyl (C=O) groups excluding carboxylic acids is 1. The van der Waals surface area contributed by atoms with Crippen LogP contribution in [-0.4, -0.2) is 27.5 Å². The Labute approximate surface area is 280 Å². The van der Waals surface area contributed by atoms with Crippen molar-refractivity contribution in [1.29, 1.82) is 0 Å². The van der Waals surface area contributed by atoms with E-state index in [0.29, 0.717) is 23.3 Å². The summed E-state index contributed by atoms with van der Waals surface area (Å²) in [7, 11) is -4.01. The summed E-state index contributed by atoms with van der Waals surface area (Å²) < 4.78 is 42.2. The number of benzene rings is 5. The average Bonchev–Trinajstić information content (AvgIpc) is 3.10. The van der Waals surface area contributed by atoms with Crippen molar-refractivity contribution in [2.24, 2.45) is 5.41 Å². The summed E-state index contributed by atoms with van der Waals surface area (Å²) in [4.78, 5) is 15.9. The topological polar surface area (TPSA) is 112 Å². The Hall–Kier alpha value is -5.25. The number of fused-ring (bicyclic) bond motifs is 2. The van der Waals surface area contributed by atoms with E-state index in [1.165, 1.54) is 0 Å². The fourth-order valence-electron chi connectivity index (χ4n) is 5.36. The fourth-order valence-corrected chi connectivity index (χ4v) is 6.58. The van der Waals surface area contributed by atoms with Gasteiger partial charge in [0.1, 0.15) is 18.0 Å². The van der Waals surface area contributed by atoms with Gasteiger partial charge in [-0.2, -0.15) is 0 Å². The van der Waals surface area contributed by atoms with Crippen molar-refractivity contribution in [3.8, 4) is 22.5 Å². The van der Waals surface area contributed by atoms with E-state index in [1.54, 1.807) is 32.0 Å². The number of anilines is 2. The highest BCUT2D eigenvalue weighted by Crippen LogP contribution is 2.42. The molecule has 0 radical (unpaired) electrons. The molecular formula is C39H38N3O5S+. The molecule has 4 aromatic rings. The first kappa shape index (κ1) is 32.7. The van der Waals surface area contributed by atoms with Crippen LogP contribution in [0.2, 0.25) is 0 Å². The number of nitrogens with one attached hydrogen (secondary N) is 3. The van der Waals surface area contributed by atoms with E-state index in [-0.39, 0.29) is 24.0 Å². The SMILES string of the molecule is CCC(C)(C)C(=O)OCCNS(=O)(=O)c1ccccc1-c1c2ccc(=[NH+]c3ccccc3)cc-2oc2cc(Nc3ccccc3)ccc12. The molecule has 0 saturated heterocycles. The molecule has 3 N–H and O–H groups in total. The molecule has 0 unspecified atom stereocenters. The van der Waals surface area contributed by atoms with E-state index in [2.05, 4.69) is 15.0 Å². The van der Waals surface area contributed by atoms with Gasteiger partial charge in [-0.05, 0) is 56.7 Å². The summed E-state index contributed by atoms with van der Waals surface area (Å²) >= 11 is 0. The van der Waals surface area contributed by atoms with Crippen molar-refractivity contribution < 1.29 is 27.4 Å². The zero-order chi connectivity index (χ0) is 33.7. The Balaban J connectivity index is 1.44. The van der Waals surface area contributed by atoms with Gasteiger partial charge in [0.05, 0.1) is 16.4 Å². The number of esters is 1. The maximum Gasteiger partial charge on any atom is 0.311 e. The second kappa shape index (κ2) is 13.9. The first-order valence-corrected chi connectivity index (χ1v) is 17.4. The lowest BCUT2D eigenvalue weighted by Crippen LogP contribution is -2.70. The van der Waals surface area contributed by atoms with Crippen molar-refractivity contribution in [3.63, 3.8) is 0 Å². The fraction of sp³-hybridized carbons (Fsp3) is 0.179. The predicted octanol–water partition coefficient (Wildman–Crippen LogP) is 6.52. The van der Waals surface area contributed by atoms with E-state index in [1.807, 2.05) is 110 Å². The van der Waals surface area contributed by atoms with Crippen molar-refractivity contribution in [2.75, 3.05) is 18.5 Å². The van der Waals surface area contributed by atoms with Crippen LogP contribution in [0.1, 0.15) is 27.2 Å². The summed E-state index contributed by atoms with van der Waals surface area (Å²) in [6.45, 7) is 5.38. The van der Waals surface area contributed by atoms with Crippen LogP contribution in [-0.2, 0) is 19.6 Å². The Bertz CT molecular complexity index is 2210. The summed E-state index contributed by atoms with van der Waals surface area (Å²) in [6, 6.07) is 38.2. The largest absolute Gasteiger partial charge is 0.464 e. The lowest BCUT2D eigenvalue weighted by atomic mass is 9.91. The lowest BCUT2D eigenvalue weighted by Gasteiger charge is -2.20. The minimum atomic E-state index is -4.01. The smallest absolute Gasteiger partial charge is 0.311 e. The zero-order valence-corrected chi connectivity index (χ0v) is 27.9. The van der Waals surface area contributed by atoms with Crippen LogP contribution >= 0.6 is 0 Å². The van der Waals surface area contributed by atoms with E-state index in [0.717, 1.165) is 38.9 Å². The molecule has 6 rings (SSSR count). The highest BCUT2D eigenvalue weighted by Gasteiger charge is 2.28. The van der Waals surface area contributed by atoms with Crippen LogP contribution < -0.4 is 20.4 Å². The van der Waals surface area contributed by atoms with Crippen LogP contribution in [0.25, 0.3) is 33.4 Å². The highest BCUT2D eigenvalue weighted by molar-refractivity contribution is 7.89. The molecule has 1 heterocycles. The molecule has 1 aliphatic heterocycles. The minimum absolute atomic E-state index is 0.0587. The normalized spacial score (nSPS) is 12.4. The third-order valence-electron chi connectivity index (χ3n) is 8.36. The molecule has 2 aliphatic rings. The number of hydrogen-bond donors (Lipinski definition) is 3. The van der Waals surface area contributed by atoms with E-state index in [4.69, 9.17) is 9.15 Å². The Kier molecular flexibility index (Phi) is 9.43. The van der Waals surface area contributed by atoms with Crippen LogP contribution in [0.5, 0.6) is 0 Å². The van der Waals surface area contributed by atoms with Gasteiger partial charge in [0.2, 0.25) is 21.1 Å². The molecule has 0 fully saturated rings. The lowest BCUT2D eigenvalue weighted by molar-refractivity contribution is -0.402. The van der Waals surface area contributed by atoms with Gasteiger partial charge in [0, 0.05) is 64.3 Å². The van der Waals surface area contributed by atoms with Crippen molar-refractivity contribution in [1.82, 2.24) is 4.72 Å². The number of rotatable bonds is 11. The molecular weight excluding hydrogens is 623 g/mol. The Morgan fingerprint density at radius 3 is 2.27 bits per heavy atom. The molecule has 48 heavy (non-hydrogen) atoms. The van der Waals surface area contributed by atoms with Gasteiger partial charge in [0.25, 0.3) is 0 Å². The van der Waals surface area contributed by atoms with E-state index >= 15 is 0 Å². The summed E-state index contributed by atoms with van der Waals surface area (Å²) in [5.74, 6) is 0.221. The van der Waals surface area contributed by atoms with Crippen molar-refractivity contribution in [3.05, 3.63) is 127 Å². The third kappa shape index (κ3) is 7.17. The van der Waals surface area contributed by atoms with E-state index < -0.39 is 15.4 Å². The Morgan fingerprint density at radius 1 is 0.812 bits per heavy atom. The van der Waals surface area contributed by atoms with Crippen molar-refractivity contribution >= 4 is 44.0 Å². The molecule has 0 aromatic heterocycles. The summed E-state index contributed by atoms with van der Waals surface area (Å²) in [5, 5.41) is 5.00. The highest BCUT2D eigenvalue weighted by atomic mass is 32.2. The van der Waals surface area contributed by atoms with Crippen LogP contribution in [0.15, 0.2) is 131 Å². The molecule has 0 amide bonds. The van der Waals surface area contributed by atoms with Crippen LogP contribution in [0.4, 0.5) is 17.1 Å². The molecule has 1 aliphatic carbocycles. The molecule has 0 atom stereocenters. The molecule has 9 heteroatoms. The number of ether oxygens (including phenoxy) is 1. The van der Waals surface area contributed by atoms with Gasteiger partial charge < -0.3 is 14.5 Å². The quantitative estimate of drug-likeness (QED) is 0.0830. The zero-order valence-electron chi connectivity index (χ0n) is 27.1. The van der Waals surface area contributed by atoms with Crippen LogP contribution in [0, 0.1) is 5.41 Å². The number of hydrogen-bond acceptors (Lipinski definition) is 6. The Morgan fingerprint density at radius 2 is 1.52 bits per heavy atom. The first-order chi connectivity index (χ1) is 23.1. The van der Waals surface area contributed by atoms with Gasteiger partial charge in [0.15, 0.2) is 0 Å². The molecule has 0 bridgehead atoms. The number of carbonyl (C=O) groups is 1. The summed E-state index contributed by atoms with van der Waals surface area (Å²) in [5.41, 5.74) is 4.62. The predicted molar refractivity (Wildman–Crippen MR) is 188 cm³/mol. The maximum absolute atomic E-state index is 13.8. The van der Waals surface area contributed by atoms with Gasteiger partial charge in [-0.25, -0.2) is 18.1 Å². The second-order valence-corrected chi connectivity index (χ2v) is 13.9. The average molecular weight is 661 g/mol. The molecule has 8 nitrogen and oxygen atoms in total. The summed E-state index contributed by atoms with van der Waals surface area (Å²) in [6.07, 6.45) is 0.615.